The highest BCUT2D eigenvalue weighted by Crippen LogP contribution is 2.33. The molecule has 0 aliphatic rings. The monoisotopic (exact) mass is 249 g/mol. The maximum absolute atomic E-state index is 5.26. The maximum atomic E-state index is 5.26. The molecule has 2 nitrogen and oxygen atoms in total. The topological polar surface area (TPSA) is 21.3 Å². The highest BCUT2D eigenvalue weighted by molar-refractivity contribution is 7.19. The molecule has 1 heterocycles. The van der Waals surface area contributed by atoms with Gasteiger partial charge in [-0.2, -0.15) is 0 Å². The Morgan fingerprint density at radius 1 is 1.35 bits per heavy atom. The van der Waals surface area contributed by atoms with Crippen LogP contribution in [0.4, 0.5) is 0 Å². The fraction of sp³-hybridized carbons (Fsp3) is 0.429. The number of ether oxygens (including phenoxy) is 1. The van der Waals surface area contributed by atoms with Crippen LogP contribution < -0.4 is 10.1 Å². The van der Waals surface area contributed by atoms with Gasteiger partial charge in [0.1, 0.15) is 5.75 Å². The summed E-state index contributed by atoms with van der Waals surface area (Å²) >= 11 is 1.86. The first kappa shape index (κ1) is 12.4. The molecule has 0 saturated carbocycles. The van der Waals surface area contributed by atoms with Gasteiger partial charge in [0.05, 0.1) is 7.11 Å². The van der Waals surface area contributed by atoms with E-state index < -0.39 is 0 Å². The van der Waals surface area contributed by atoms with Crippen molar-refractivity contribution in [3.05, 3.63) is 28.6 Å². The van der Waals surface area contributed by atoms with Gasteiger partial charge in [0, 0.05) is 16.1 Å². The highest BCUT2D eigenvalue weighted by Gasteiger charge is 2.08. The second kappa shape index (κ2) is 5.52. The van der Waals surface area contributed by atoms with Crippen molar-refractivity contribution in [3.63, 3.8) is 0 Å². The molecule has 1 aromatic heterocycles. The molecule has 0 amide bonds. The minimum Gasteiger partial charge on any atom is -0.497 e. The van der Waals surface area contributed by atoms with Crippen LogP contribution in [0.3, 0.4) is 0 Å². The van der Waals surface area contributed by atoms with Gasteiger partial charge in [0.25, 0.3) is 0 Å². The molecular weight excluding hydrogens is 230 g/mol. The molecule has 3 heteroatoms. The van der Waals surface area contributed by atoms with Crippen LogP contribution in [0.5, 0.6) is 5.75 Å². The van der Waals surface area contributed by atoms with Crippen LogP contribution in [-0.2, 0) is 6.54 Å². The van der Waals surface area contributed by atoms with Crippen molar-refractivity contribution in [1.82, 2.24) is 5.32 Å². The second-order valence-corrected chi connectivity index (χ2v) is 5.33. The van der Waals surface area contributed by atoms with Gasteiger partial charge in [0.2, 0.25) is 0 Å². The lowest BCUT2D eigenvalue weighted by molar-refractivity contribution is 0.415. The molecule has 2 aromatic rings. The Hall–Kier alpha value is -1.06. The summed E-state index contributed by atoms with van der Waals surface area (Å²) in [7, 11) is 1.71. The van der Waals surface area contributed by atoms with Crippen LogP contribution in [0.25, 0.3) is 10.1 Å². The van der Waals surface area contributed by atoms with Crippen LogP contribution in [0.2, 0.25) is 0 Å². The van der Waals surface area contributed by atoms with Crippen LogP contribution in [0.1, 0.15) is 23.8 Å². The lowest BCUT2D eigenvalue weighted by Gasteiger charge is -2.01. The van der Waals surface area contributed by atoms with E-state index in [0.29, 0.717) is 0 Å². The van der Waals surface area contributed by atoms with Gasteiger partial charge in [0.15, 0.2) is 0 Å². The van der Waals surface area contributed by atoms with Crippen LogP contribution in [0, 0.1) is 6.92 Å². The summed E-state index contributed by atoms with van der Waals surface area (Å²) in [4.78, 5) is 1.43. The van der Waals surface area contributed by atoms with Crippen LogP contribution >= 0.6 is 11.3 Å². The number of methoxy groups -OCH3 is 1. The first-order valence-electron chi connectivity index (χ1n) is 6.03. The quantitative estimate of drug-likeness (QED) is 0.815. The lowest BCUT2D eigenvalue weighted by atomic mass is 10.1. The summed E-state index contributed by atoms with van der Waals surface area (Å²) in [6.45, 7) is 6.45. The third-order valence-corrected chi connectivity index (χ3v) is 4.21. The average molecular weight is 249 g/mol. The molecule has 0 bridgehead atoms. The molecular formula is C14H19NOS. The zero-order valence-electron chi connectivity index (χ0n) is 10.7. The van der Waals surface area contributed by atoms with Crippen molar-refractivity contribution in [3.8, 4) is 5.75 Å². The Morgan fingerprint density at radius 3 is 2.88 bits per heavy atom. The summed E-state index contributed by atoms with van der Waals surface area (Å²) in [5, 5.41) is 4.81. The fourth-order valence-electron chi connectivity index (χ4n) is 1.93. The van der Waals surface area contributed by atoms with E-state index in [1.807, 2.05) is 17.4 Å². The van der Waals surface area contributed by atoms with Gasteiger partial charge in [-0.1, -0.05) is 6.92 Å². The third kappa shape index (κ3) is 2.61. The smallest absolute Gasteiger partial charge is 0.120 e. The number of nitrogens with one attached hydrogen (secondary N) is 1. The van der Waals surface area contributed by atoms with Gasteiger partial charge in [-0.25, -0.2) is 0 Å². The number of aryl methyl sites for hydroxylation is 1. The van der Waals surface area contributed by atoms with Crippen molar-refractivity contribution in [2.45, 2.75) is 26.8 Å². The Bertz CT molecular complexity index is 504. The SMILES string of the molecule is CCCNCc1sc2cc(OC)ccc2c1C. The molecule has 0 aliphatic carbocycles. The zero-order chi connectivity index (χ0) is 12.3. The third-order valence-electron chi connectivity index (χ3n) is 2.96. The first-order valence-corrected chi connectivity index (χ1v) is 6.84. The van der Waals surface area contributed by atoms with Crippen molar-refractivity contribution in [2.75, 3.05) is 13.7 Å². The van der Waals surface area contributed by atoms with Crippen LogP contribution in [0.15, 0.2) is 18.2 Å². The van der Waals surface area contributed by atoms with Crippen molar-refractivity contribution in [2.24, 2.45) is 0 Å². The number of rotatable bonds is 5. The summed E-state index contributed by atoms with van der Waals surface area (Å²) < 4.78 is 6.58. The fourth-order valence-corrected chi connectivity index (χ4v) is 3.14. The van der Waals surface area contributed by atoms with E-state index in [-0.39, 0.29) is 0 Å². The lowest BCUT2D eigenvalue weighted by Crippen LogP contribution is -2.13. The van der Waals surface area contributed by atoms with E-state index in [4.69, 9.17) is 4.74 Å². The summed E-state index contributed by atoms with van der Waals surface area (Å²) in [6.07, 6.45) is 1.18. The average Bonchev–Trinajstić information content (AvgIpc) is 2.66. The summed E-state index contributed by atoms with van der Waals surface area (Å²) in [5.41, 5.74) is 1.40. The van der Waals surface area contributed by atoms with E-state index in [9.17, 15) is 0 Å². The Morgan fingerprint density at radius 2 is 2.18 bits per heavy atom. The number of hydrogen-bond donors (Lipinski definition) is 1. The molecule has 1 N–H and O–H groups in total. The minimum absolute atomic E-state index is 0.937. The van der Waals surface area contributed by atoms with Gasteiger partial charge in [-0.15, -0.1) is 11.3 Å². The van der Waals surface area contributed by atoms with E-state index >= 15 is 0 Å². The standard InChI is InChI=1S/C14H19NOS/c1-4-7-15-9-14-10(2)12-6-5-11(16-3)8-13(12)17-14/h5-6,8,15H,4,7,9H2,1-3H3. The largest absolute Gasteiger partial charge is 0.497 e. The predicted molar refractivity (Wildman–Crippen MR) is 75.1 cm³/mol. The molecule has 0 atom stereocenters. The zero-order valence-corrected chi connectivity index (χ0v) is 11.5. The number of thiophene rings is 1. The molecule has 0 unspecified atom stereocenters. The molecule has 17 heavy (non-hydrogen) atoms. The molecule has 92 valence electrons. The summed E-state index contributed by atoms with van der Waals surface area (Å²) in [6, 6.07) is 6.31. The molecule has 0 aliphatic heterocycles. The van der Waals surface area contributed by atoms with Gasteiger partial charge in [-0.3, -0.25) is 0 Å². The Kier molecular flexibility index (Phi) is 4.02. The van der Waals surface area contributed by atoms with Crippen molar-refractivity contribution >= 4 is 21.4 Å². The summed E-state index contributed by atoms with van der Waals surface area (Å²) in [5.74, 6) is 0.937. The molecule has 0 fully saturated rings. The molecule has 0 spiro atoms. The predicted octanol–water partition coefficient (Wildman–Crippen LogP) is 3.72. The van der Waals surface area contributed by atoms with Crippen molar-refractivity contribution < 1.29 is 4.74 Å². The van der Waals surface area contributed by atoms with Crippen molar-refractivity contribution in [1.29, 1.82) is 0 Å². The Labute approximate surface area is 107 Å². The minimum atomic E-state index is 0.937. The van der Waals surface area contributed by atoms with E-state index in [1.165, 1.54) is 26.9 Å². The Balaban J connectivity index is 2.28. The number of benzene rings is 1. The molecule has 0 radical (unpaired) electrons. The van der Waals surface area contributed by atoms with Gasteiger partial charge in [-0.05, 0) is 49.0 Å². The number of fused-ring (bicyclic) bond motifs is 1. The van der Waals surface area contributed by atoms with Gasteiger partial charge >= 0.3 is 0 Å². The second-order valence-electron chi connectivity index (χ2n) is 4.19. The normalized spacial score (nSPS) is 11.0. The van der Waals surface area contributed by atoms with E-state index in [1.54, 1.807) is 7.11 Å². The van der Waals surface area contributed by atoms with Crippen LogP contribution in [-0.4, -0.2) is 13.7 Å². The number of hydrogen-bond acceptors (Lipinski definition) is 3. The van der Waals surface area contributed by atoms with Gasteiger partial charge < -0.3 is 10.1 Å². The molecule has 0 saturated heterocycles. The molecule has 2 rings (SSSR count). The molecule has 1 aromatic carbocycles. The van der Waals surface area contributed by atoms with E-state index in [2.05, 4.69) is 31.3 Å². The maximum Gasteiger partial charge on any atom is 0.120 e. The first-order chi connectivity index (χ1) is 8.26. The van der Waals surface area contributed by atoms with E-state index in [0.717, 1.165) is 18.8 Å². The highest BCUT2D eigenvalue weighted by atomic mass is 32.1.